The zero-order chi connectivity index (χ0) is 22.1. The number of hydrogen-bond donors (Lipinski definition) is 1. The van der Waals surface area contributed by atoms with Crippen molar-refractivity contribution in [2.75, 3.05) is 0 Å². The second-order valence-corrected chi connectivity index (χ2v) is 8.36. The summed E-state index contributed by atoms with van der Waals surface area (Å²) >= 11 is 0. The summed E-state index contributed by atoms with van der Waals surface area (Å²) in [5.41, 5.74) is 7.41. The third-order valence-electron chi connectivity index (χ3n) is 5.89. The summed E-state index contributed by atoms with van der Waals surface area (Å²) in [5.74, 6) is 0.346. The third kappa shape index (κ3) is 3.93. The van der Waals surface area contributed by atoms with Crippen LogP contribution < -0.4 is 0 Å². The Bertz CT molecular complexity index is 1230. The number of nitrogens with zero attached hydrogens (tertiary/aromatic N) is 4. The summed E-state index contributed by atoms with van der Waals surface area (Å²) in [6.45, 7) is 11.1. The predicted molar refractivity (Wildman–Crippen MR) is 127 cm³/mol. The Kier molecular flexibility index (Phi) is 5.79. The average molecular weight is 415 g/mol. The number of rotatable bonds is 6. The van der Waals surface area contributed by atoms with Crippen molar-refractivity contribution in [3.05, 3.63) is 77.6 Å². The highest BCUT2D eigenvalue weighted by molar-refractivity contribution is 5.94. The van der Waals surface area contributed by atoms with Crippen molar-refractivity contribution < 1.29 is 5.11 Å². The van der Waals surface area contributed by atoms with E-state index in [1.54, 1.807) is 0 Å². The second-order valence-electron chi connectivity index (χ2n) is 8.36. The highest BCUT2D eigenvalue weighted by atomic mass is 16.3. The maximum absolute atomic E-state index is 10.6. The molecule has 160 valence electrons. The highest BCUT2D eigenvalue weighted by Gasteiger charge is 2.22. The fourth-order valence-electron chi connectivity index (χ4n) is 4.22. The van der Waals surface area contributed by atoms with Crippen LogP contribution in [-0.4, -0.2) is 24.7 Å². The van der Waals surface area contributed by atoms with Crippen molar-refractivity contribution in [3.63, 3.8) is 0 Å². The molecule has 5 nitrogen and oxygen atoms in total. The van der Waals surface area contributed by atoms with E-state index < -0.39 is 6.10 Å². The van der Waals surface area contributed by atoms with Crippen LogP contribution in [0.5, 0.6) is 0 Å². The van der Waals surface area contributed by atoms with Gasteiger partial charge in [0.2, 0.25) is 0 Å². The van der Waals surface area contributed by atoms with Crippen molar-refractivity contribution in [2.45, 2.75) is 53.2 Å². The molecule has 0 aliphatic rings. The number of hydrogen-bond acceptors (Lipinski definition) is 3. The van der Waals surface area contributed by atoms with E-state index >= 15 is 0 Å². The molecule has 2 aromatic carbocycles. The lowest BCUT2D eigenvalue weighted by molar-refractivity contribution is 0.152. The van der Waals surface area contributed by atoms with Gasteiger partial charge in [0, 0.05) is 34.1 Å². The second kappa shape index (κ2) is 8.52. The van der Waals surface area contributed by atoms with Gasteiger partial charge in [0.15, 0.2) is 0 Å². The van der Waals surface area contributed by atoms with Crippen LogP contribution in [-0.2, 0) is 6.54 Å². The lowest BCUT2D eigenvalue weighted by Crippen LogP contribution is -2.08. The molecule has 4 aromatic rings. The van der Waals surface area contributed by atoms with E-state index in [0.717, 1.165) is 33.4 Å². The predicted octanol–water partition coefficient (Wildman–Crippen LogP) is 5.95. The summed E-state index contributed by atoms with van der Waals surface area (Å²) in [6.07, 6.45) is 3.50. The molecule has 1 N–H and O–H groups in total. The molecule has 0 amide bonds. The van der Waals surface area contributed by atoms with Crippen molar-refractivity contribution in [1.82, 2.24) is 19.6 Å². The molecule has 1 unspecified atom stereocenters. The van der Waals surface area contributed by atoms with Gasteiger partial charge in [0.1, 0.15) is 0 Å². The van der Waals surface area contributed by atoms with Crippen LogP contribution in [0.3, 0.4) is 0 Å². The summed E-state index contributed by atoms with van der Waals surface area (Å²) in [7, 11) is 0. The molecule has 2 aromatic heterocycles. The van der Waals surface area contributed by atoms with Crippen LogP contribution in [0.2, 0.25) is 0 Å². The Balaban J connectivity index is 1.79. The highest BCUT2D eigenvalue weighted by Crippen LogP contribution is 2.36. The van der Waals surface area contributed by atoms with Gasteiger partial charge in [-0.05, 0) is 38.3 Å². The van der Waals surface area contributed by atoms with E-state index in [0.29, 0.717) is 12.5 Å². The first-order chi connectivity index (χ1) is 14.9. The molecule has 2 heterocycles. The normalized spacial score (nSPS) is 13.3. The van der Waals surface area contributed by atoms with Crippen molar-refractivity contribution in [1.29, 1.82) is 0 Å². The molecule has 1 atom stereocenters. The van der Waals surface area contributed by atoms with Gasteiger partial charge >= 0.3 is 0 Å². The largest absolute Gasteiger partial charge is 0.386 e. The zero-order valence-corrected chi connectivity index (χ0v) is 18.9. The molecule has 31 heavy (non-hydrogen) atoms. The SMILES string of the molecule is C/C=C(\C)n1nc(-c2cccc3nn(CC(O)c4ccccc4)cc23)c(C(C)C)c1C. The van der Waals surface area contributed by atoms with Crippen LogP contribution in [0.4, 0.5) is 0 Å². The first-order valence-corrected chi connectivity index (χ1v) is 10.8. The van der Waals surface area contributed by atoms with Crippen LogP contribution in [0.15, 0.2) is 60.8 Å². The van der Waals surface area contributed by atoms with Crippen LogP contribution in [0.1, 0.15) is 56.5 Å². The van der Waals surface area contributed by atoms with E-state index in [-0.39, 0.29) is 0 Å². The molecule has 0 aliphatic heterocycles. The standard InChI is InChI=1S/C26H30N4O/c1-6-18(4)30-19(5)25(17(2)3)26(28-30)21-13-10-14-23-22(21)15-29(27-23)16-24(31)20-11-8-7-9-12-20/h6-15,17,24,31H,16H2,1-5H3/b18-6+. The van der Waals surface area contributed by atoms with E-state index in [1.807, 2.05) is 64.9 Å². The van der Waals surface area contributed by atoms with E-state index in [4.69, 9.17) is 10.2 Å². The molecular weight excluding hydrogens is 384 g/mol. The smallest absolute Gasteiger partial charge is 0.0985 e. The van der Waals surface area contributed by atoms with Gasteiger partial charge in [-0.2, -0.15) is 10.2 Å². The first-order valence-electron chi connectivity index (χ1n) is 10.8. The van der Waals surface area contributed by atoms with Crippen molar-refractivity contribution >= 4 is 16.6 Å². The summed E-state index contributed by atoms with van der Waals surface area (Å²) < 4.78 is 3.87. The Hall–Kier alpha value is -3.18. The van der Waals surface area contributed by atoms with Gasteiger partial charge in [-0.25, -0.2) is 4.68 Å². The Morgan fingerprint density at radius 3 is 2.48 bits per heavy atom. The summed E-state index contributed by atoms with van der Waals surface area (Å²) in [4.78, 5) is 0. The Labute approximate surface area is 183 Å². The molecule has 0 radical (unpaired) electrons. The number of aliphatic hydroxyl groups excluding tert-OH is 1. The quantitative estimate of drug-likeness (QED) is 0.424. The van der Waals surface area contributed by atoms with Gasteiger partial charge < -0.3 is 5.11 Å². The van der Waals surface area contributed by atoms with E-state index in [2.05, 4.69) is 39.8 Å². The number of allylic oxidation sites excluding steroid dienone is 2. The molecule has 0 spiro atoms. The molecule has 0 bridgehead atoms. The van der Waals surface area contributed by atoms with E-state index in [1.165, 1.54) is 11.3 Å². The monoisotopic (exact) mass is 414 g/mol. The molecule has 0 saturated heterocycles. The van der Waals surface area contributed by atoms with Crippen LogP contribution in [0, 0.1) is 6.92 Å². The first kappa shape index (κ1) is 21.1. The average Bonchev–Trinajstić information content (AvgIpc) is 3.33. The molecule has 0 aliphatic carbocycles. The summed E-state index contributed by atoms with van der Waals surface area (Å²) in [5, 5.41) is 21.4. The fourth-order valence-corrected chi connectivity index (χ4v) is 4.22. The topological polar surface area (TPSA) is 55.9 Å². The van der Waals surface area contributed by atoms with Crippen molar-refractivity contribution in [3.8, 4) is 11.3 Å². The Morgan fingerprint density at radius 1 is 1.06 bits per heavy atom. The van der Waals surface area contributed by atoms with Crippen LogP contribution in [0.25, 0.3) is 27.9 Å². The number of fused-ring (bicyclic) bond motifs is 1. The molecule has 4 rings (SSSR count). The lowest BCUT2D eigenvalue weighted by Gasteiger charge is -2.10. The fraction of sp³-hybridized carbons (Fsp3) is 0.308. The number of aliphatic hydroxyl groups is 1. The minimum Gasteiger partial charge on any atom is -0.386 e. The molecule has 0 fully saturated rings. The third-order valence-corrected chi connectivity index (χ3v) is 5.89. The molecular formula is C26H30N4O. The van der Waals surface area contributed by atoms with Gasteiger partial charge in [-0.15, -0.1) is 0 Å². The van der Waals surface area contributed by atoms with Crippen molar-refractivity contribution in [2.24, 2.45) is 0 Å². The van der Waals surface area contributed by atoms with Crippen LogP contribution >= 0.6 is 0 Å². The number of benzene rings is 2. The van der Waals surface area contributed by atoms with Gasteiger partial charge in [0.05, 0.1) is 23.9 Å². The lowest BCUT2D eigenvalue weighted by atomic mass is 9.95. The Morgan fingerprint density at radius 2 is 1.81 bits per heavy atom. The maximum atomic E-state index is 10.6. The maximum Gasteiger partial charge on any atom is 0.0985 e. The molecule has 5 heteroatoms. The zero-order valence-electron chi connectivity index (χ0n) is 18.9. The minimum absolute atomic E-state index is 0.346. The van der Waals surface area contributed by atoms with E-state index in [9.17, 15) is 5.11 Å². The molecule has 0 saturated carbocycles. The van der Waals surface area contributed by atoms with Gasteiger partial charge in [-0.3, -0.25) is 4.68 Å². The minimum atomic E-state index is -0.607. The van der Waals surface area contributed by atoms with Gasteiger partial charge in [-0.1, -0.05) is 62.4 Å². The van der Waals surface area contributed by atoms with Gasteiger partial charge in [0.25, 0.3) is 0 Å². The number of aromatic nitrogens is 4. The summed E-state index contributed by atoms with van der Waals surface area (Å²) in [6, 6.07) is 15.9.